The van der Waals surface area contributed by atoms with Crippen LogP contribution in [0.5, 0.6) is 0 Å². The molecule has 8 heteroatoms. The van der Waals surface area contributed by atoms with Crippen molar-refractivity contribution in [3.05, 3.63) is 83.3 Å². The Morgan fingerprint density at radius 3 is 2.66 bits per heavy atom. The molecule has 0 aliphatic rings. The second kappa shape index (κ2) is 8.68. The summed E-state index contributed by atoms with van der Waals surface area (Å²) in [6.45, 7) is 0.647. The molecular weight excluding hydrogens is 418 g/mol. The van der Waals surface area contributed by atoms with E-state index in [0.29, 0.717) is 18.3 Å². The summed E-state index contributed by atoms with van der Waals surface area (Å²) in [7, 11) is 4.04. The Balaban J connectivity index is 1.54. The summed E-state index contributed by atoms with van der Waals surface area (Å²) in [6.07, 6.45) is 1.80. The molecule has 3 aromatic heterocycles. The van der Waals surface area contributed by atoms with E-state index in [1.165, 1.54) is 5.56 Å². The van der Waals surface area contributed by atoms with Crippen LogP contribution in [0.3, 0.4) is 0 Å². The van der Waals surface area contributed by atoms with Crippen molar-refractivity contribution in [2.24, 2.45) is 0 Å². The Morgan fingerprint density at radius 1 is 1.00 bits per heavy atom. The van der Waals surface area contributed by atoms with Crippen molar-refractivity contribution in [1.82, 2.24) is 19.5 Å². The van der Waals surface area contributed by atoms with Crippen LogP contribution < -0.4 is 15.5 Å². The number of nitrogens with one attached hydrogen (secondary N) is 2. The molecular formula is C24H23N7S. The van der Waals surface area contributed by atoms with Crippen LogP contribution in [0.1, 0.15) is 5.56 Å². The lowest BCUT2D eigenvalue weighted by atomic mass is 10.2. The summed E-state index contributed by atoms with van der Waals surface area (Å²) in [5.74, 6) is 1.21. The molecule has 0 saturated carbocycles. The summed E-state index contributed by atoms with van der Waals surface area (Å²) < 4.78 is 1.99. The predicted molar refractivity (Wildman–Crippen MR) is 132 cm³/mol. The van der Waals surface area contributed by atoms with Crippen LogP contribution in [-0.4, -0.2) is 33.6 Å². The van der Waals surface area contributed by atoms with Gasteiger partial charge in [-0.15, -0.1) is 0 Å². The predicted octanol–water partition coefficient (Wildman–Crippen LogP) is 5.30. The van der Waals surface area contributed by atoms with Gasteiger partial charge in [0.25, 0.3) is 0 Å². The van der Waals surface area contributed by atoms with Gasteiger partial charge < -0.3 is 15.5 Å². The topological polar surface area (TPSA) is 70.9 Å². The fraction of sp³-hybridized carbons (Fsp3) is 0.125. The largest absolute Gasteiger partial charge is 0.378 e. The van der Waals surface area contributed by atoms with Gasteiger partial charge in [0, 0.05) is 37.4 Å². The van der Waals surface area contributed by atoms with E-state index in [4.69, 9.17) is 9.97 Å². The number of benzene rings is 2. The fourth-order valence-electron chi connectivity index (χ4n) is 3.44. The number of anilines is 4. The molecule has 3 heterocycles. The van der Waals surface area contributed by atoms with Crippen molar-refractivity contribution in [3.63, 3.8) is 0 Å². The van der Waals surface area contributed by atoms with Gasteiger partial charge in [0.2, 0.25) is 5.95 Å². The van der Waals surface area contributed by atoms with Crippen LogP contribution in [0.4, 0.5) is 23.1 Å². The number of fused-ring (bicyclic) bond motifs is 1. The van der Waals surface area contributed by atoms with Gasteiger partial charge in [-0.05, 0) is 35.2 Å². The number of rotatable bonds is 7. The average Bonchev–Trinajstić information content (AvgIpc) is 3.48. The van der Waals surface area contributed by atoms with Crippen molar-refractivity contribution < 1.29 is 0 Å². The highest BCUT2D eigenvalue weighted by molar-refractivity contribution is 7.08. The molecule has 0 bridgehead atoms. The van der Waals surface area contributed by atoms with E-state index >= 15 is 0 Å². The van der Waals surface area contributed by atoms with Gasteiger partial charge in [-0.2, -0.15) is 21.3 Å². The van der Waals surface area contributed by atoms with E-state index in [0.717, 1.165) is 28.2 Å². The maximum Gasteiger partial charge on any atom is 0.231 e. The van der Waals surface area contributed by atoms with E-state index in [1.54, 1.807) is 17.7 Å². The third kappa shape index (κ3) is 4.13. The Bertz CT molecular complexity index is 1330. The maximum atomic E-state index is 4.81. The number of nitrogens with zero attached hydrogens (tertiary/aromatic N) is 5. The molecule has 0 fully saturated rings. The molecule has 5 rings (SSSR count). The minimum atomic E-state index is 0.515. The molecule has 0 aliphatic heterocycles. The van der Waals surface area contributed by atoms with Gasteiger partial charge in [-0.25, -0.2) is 4.98 Å². The zero-order valence-electron chi connectivity index (χ0n) is 17.9. The molecule has 5 aromatic rings. The first-order chi connectivity index (χ1) is 15.7. The van der Waals surface area contributed by atoms with Crippen LogP contribution in [0, 0.1) is 0 Å². The number of hydrogen-bond acceptors (Lipinski definition) is 7. The molecule has 0 unspecified atom stereocenters. The standard InChI is InChI=1S/C24H23N7S/c1-30(2)19-10-6-9-18(13-19)27-24-28-22(25-14-17-7-4-3-5-8-17)21-23(29-24)31(16-26-21)20-11-12-32-15-20/h3-13,15-16H,14H2,1-2H3,(H2,25,27,28,29). The van der Waals surface area contributed by atoms with E-state index in [1.807, 2.05) is 54.4 Å². The first-order valence-electron chi connectivity index (χ1n) is 10.3. The normalized spacial score (nSPS) is 10.9. The van der Waals surface area contributed by atoms with Gasteiger partial charge in [0.05, 0.1) is 5.69 Å². The van der Waals surface area contributed by atoms with Crippen LogP contribution in [0.25, 0.3) is 16.9 Å². The third-order valence-corrected chi connectivity index (χ3v) is 5.77. The van der Waals surface area contributed by atoms with E-state index in [-0.39, 0.29) is 0 Å². The lowest BCUT2D eigenvalue weighted by Gasteiger charge is -2.14. The molecule has 0 amide bonds. The number of thiophene rings is 1. The second-order valence-corrected chi connectivity index (χ2v) is 8.35. The van der Waals surface area contributed by atoms with Crippen LogP contribution in [0.2, 0.25) is 0 Å². The smallest absolute Gasteiger partial charge is 0.231 e. The van der Waals surface area contributed by atoms with Crippen molar-refractivity contribution in [1.29, 1.82) is 0 Å². The van der Waals surface area contributed by atoms with Crippen molar-refractivity contribution in [2.75, 3.05) is 29.6 Å². The van der Waals surface area contributed by atoms with Gasteiger partial charge in [0.15, 0.2) is 17.0 Å². The lowest BCUT2D eigenvalue weighted by Crippen LogP contribution is -2.09. The lowest BCUT2D eigenvalue weighted by molar-refractivity contribution is 1.06. The molecule has 2 N–H and O–H groups in total. The SMILES string of the molecule is CN(C)c1cccc(Nc2nc(NCc3ccccc3)c3ncn(-c4ccsc4)c3n2)c1. The van der Waals surface area contributed by atoms with Gasteiger partial charge in [0.1, 0.15) is 6.33 Å². The molecule has 2 aromatic carbocycles. The van der Waals surface area contributed by atoms with Gasteiger partial charge in [-0.1, -0.05) is 36.4 Å². The Morgan fingerprint density at radius 2 is 1.88 bits per heavy atom. The van der Waals surface area contributed by atoms with Crippen LogP contribution >= 0.6 is 11.3 Å². The average molecular weight is 442 g/mol. The molecule has 0 spiro atoms. The molecule has 32 heavy (non-hydrogen) atoms. The van der Waals surface area contributed by atoms with Crippen LogP contribution in [-0.2, 0) is 6.54 Å². The number of aromatic nitrogens is 4. The summed E-state index contributed by atoms with van der Waals surface area (Å²) in [4.78, 5) is 16.2. The Kier molecular flexibility index (Phi) is 5.43. The minimum absolute atomic E-state index is 0.515. The van der Waals surface area contributed by atoms with Gasteiger partial charge in [-0.3, -0.25) is 4.57 Å². The summed E-state index contributed by atoms with van der Waals surface area (Å²) >= 11 is 1.64. The zero-order chi connectivity index (χ0) is 21.9. The molecule has 0 radical (unpaired) electrons. The number of hydrogen-bond donors (Lipinski definition) is 2. The quantitative estimate of drug-likeness (QED) is 0.357. The summed E-state index contributed by atoms with van der Waals surface area (Å²) in [5, 5.41) is 10.9. The minimum Gasteiger partial charge on any atom is -0.378 e. The molecule has 0 atom stereocenters. The van der Waals surface area contributed by atoms with E-state index < -0.39 is 0 Å². The Labute approximate surface area is 190 Å². The highest BCUT2D eigenvalue weighted by Crippen LogP contribution is 2.27. The van der Waals surface area contributed by atoms with Crippen molar-refractivity contribution in [2.45, 2.75) is 6.54 Å². The highest BCUT2D eigenvalue weighted by Gasteiger charge is 2.15. The first-order valence-corrected chi connectivity index (χ1v) is 11.2. The Hall–Kier alpha value is -3.91. The molecule has 7 nitrogen and oxygen atoms in total. The first kappa shape index (κ1) is 20.0. The van der Waals surface area contributed by atoms with Crippen LogP contribution in [0.15, 0.2) is 77.8 Å². The zero-order valence-corrected chi connectivity index (χ0v) is 18.7. The van der Waals surface area contributed by atoms with E-state index in [9.17, 15) is 0 Å². The third-order valence-electron chi connectivity index (χ3n) is 5.10. The van der Waals surface area contributed by atoms with Crippen molar-refractivity contribution in [3.8, 4) is 5.69 Å². The molecule has 160 valence electrons. The summed E-state index contributed by atoms with van der Waals surface area (Å²) in [6, 6.07) is 20.5. The molecule has 0 aliphatic carbocycles. The van der Waals surface area contributed by atoms with Gasteiger partial charge >= 0.3 is 0 Å². The second-order valence-electron chi connectivity index (χ2n) is 7.57. The highest BCUT2D eigenvalue weighted by atomic mass is 32.1. The monoisotopic (exact) mass is 441 g/mol. The molecule has 0 saturated heterocycles. The summed E-state index contributed by atoms with van der Waals surface area (Å²) in [5.41, 5.74) is 5.71. The maximum absolute atomic E-state index is 4.81. The number of imidazole rings is 1. The fourth-order valence-corrected chi connectivity index (χ4v) is 4.06. The van der Waals surface area contributed by atoms with E-state index in [2.05, 4.69) is 56.2 Å². The van der Waals surface area contributed by atoms with Crippen molar-refractivity contribution >= 4 is 45.6 Å².